The van der Waals surface area contributed by atoms with Crippen molar-refractivity contribution < 1.29 is 4.74 Å². The van der Waals surface area contributed by atoms with E-state index < -0.39 is 0 Å². The maximum atomic E-state index is 5.49. The third-order valence-corrected chi connectivity index (χ3v) is 1.81. The highest BCUT2D eigenvalue weighted by Crippen LogP contribution is 2.14. The molecule has 0 aliphatic heterocycles. The molecule has 0 aliphatic carbocycles. The molecule has 1 nitrogen and oxygen atoms in total. The quantitative estimate of drug-likeness (QED) is 0.699. The van der Waals surface area contributed by atoms with Crippen LogP contribution in [0.1, 0.15) is 32.8 Å². The van der Waals surface area contributed by atoms with Crippen LogP contribution in [0.15, 0.2) is 29.8 Å². The number of ether oxygens (including phenoxy) is 1. The van der Waals surface area contributed by atoms with Crippen molar-refractivity contribution in [2.75, 3.05) is 6.61 Å². The maximum absolute atomic E-state index is 5.49. The summed E-state index contributed by atoms with van der Waals surface area (Å²) in [4.78, 5) is 0. The fourth-order valence-electron chi connectivity index (χ4n) is 1.21. The third kappa shape index (κ3) is 3.65. The van der Waals surface area contributed by atoms with E-state index in [1.54, 1.807) is 0 Å². The van der Waals surface area contributed by atoms with Gasteiger partial charge < -0.3 is 4.74 Å². The average Bonchev–Trinajstić information content (AvgIpc) is 2.16. The molecule has 1 rings (SSSR count). The molecule has 0 spiro atoms. The van der Waals surface area contributed by atoms with Crippen LogP contribution in [0.3, 0.4) is 0 Å². The monoisotopic (exact) mass is 190 g/mol. The molecule has 1 aromatic carbocycles. The topological polar surface area (TPSA) is 9.23 Å². The first kappa shape index (κ1) is 10.8. The molecule has 0 atom stereocenters. The Balaban J connectivity index is 2.64. The van der Waals surface area contributed by atoms with Crippen molar-refractivity contribution in [3.05, 3.63) is 35.4 Å². The van der Waals surface area contributed by atoms with Crippen molar-refractivity contribution in [2.24, 2.45) is 0 Å². The molecule has 0 fully saturated rings. The Morgan fingerprint density at radius 2 is 1.86 bits per heavy atom. The smallest absolute Gasteiger partial charge is 0.119 e. The summed E-state index contributed by atoms with van der Waals surface area (Å²) in [5.74, 6) is 0.956. The van der Waals surface area contributed by atoms with Crippen LogP contribution in [-0.2, 0) is 0 Å². The van der Waals surface area contributed by atoms with Gasteiger partial charge >= 0.3 is 0 Å². The number of rotatable bonds is 4. The molecular weight excluding hydrogens is 172 g/mol. The summed E-state index contributed by atoms with van der Waals surface area (Å²) in [6.07, 6.45) is 3.21. The van der Waals surface area contributed by atoms with E-state index in [0.717, 1.165) is 18.8 Å². The van der Waals surface area contributed by atoms with Gasteiger partial charge in [0, 0.05) is 0 Å². The van der Waals surface area contributed by atoms with Crippen LogP contribution in [0.2, 0.25) is 0 Å². The van der Waals surface area contributed by atoms with Gasteiger partial charge in [0.15, 0.2) is 0 Å². The molecule has 0 aromatic heterocycles. The normalized spacial score (nSPS) is 9.64. The summed E-state index contributed by atoms with van der Waals surface area (Å²) in [6.45, 7) is 7.10. The second-order valence-corrected chi connectivity index (χ2v) is 3.64. The van der Waals surface area contributed by atoms with Gasteiger partial charge in [0.1, 0.15) is 5.75 Å². The van der Waals surface area contributed by atoms with Crippen molar-refractivity contribution in [3.63, 3.8) is 0 Å². The lowest BCUT2D eigenvalue weighted by molar-refractivity contribution is 0.317. The Labute approximate surface area is 86.4 Å². The minimum atomic E-state index is 0.794. The van der Waals surface area contributed by atoms with Gasteiger partial charge in [-0.05, 0) is 38.0 Å². The fraction of sp³-hybridized carbons (Fsp3) is 0.385. The summed E-state index contributed by atoms with van der Waals surface area (Å²) in [6, 6.07) is 8.20. The number of hydrogen-bond acceptors (Lipinski definition) is 1. The van der Waals surface area contributed by atoms with Crippen molar-refractivity contribution in [3.8, 4) is 5.75 Å². The van der Waals surface area contributed by atoms with Gasteiger partial charge in [-0.1, -0.05) is 30.7 Å². The Hall–Kier alpha value is -1.24. The van der Waals surface area contributed by atoms with Gasteiger partial charge in [0.2, 0.25) is 0 Å². The van der Waals surface area contributed by atoms with Crippen molar-refractivity contribution in [1.82, 2.24) is 0 Å². The number of hydrogen-bond donors (Lipinski definition) is 0. The lowest BCUT2D eigenvalue weighted by Gasteiger charge is -2.04. The van der Waals surface area contributed by atoms with Gasteiger partial charge in [-0.25, -0.2) is 0 Å². The highest BCUT2D eigenvalue weighted by atomic mass is 16.5. The molecule has 1 aromatic rings. The van der Waals surface area contributed by atoms with Gasteiger partial charge in [0.05, 0.1) is 6.61 Å². The van der Waals surface area contributed by atoms with Crippen molar-refractivity contribution in [1.29, 1.82) is 0 Å². The Morgan fingerprint density at radius 3 is 2.36 bits per heavy atom. The average molecular weight is 190 g/mol. The zero-order valence-electron chi connectivity index (χ0n) is 9.21. The SMILES string of the molecule is CCCOc1ccc(C=C(C)C)cc1. The summed E-state index contributed by atoms with van der Waals surface area (Å²) in [5, 5.41) is 0. The summed E-state index contributed by atoms with van der Waals surface area (Å²) in [5.41, 5.74) is 2.54. The van der Waals surface area contributed by atoms with E-state index >= 15 is 0 Å². The highest BCUT2D eigenvalue weighted by Gasteiger charge is 1.92. The van der Waals surface area contributed by atoms with Crippen LogP contribution in [-0.4, -0.2) is 6.61 Å². The van der Waals surface area contributed by atoms with Gasteiger partial charge in [-0.2, -0.15) is 0 Å². The second kappa shape index (κ2) is 5.48. The molecule has 14 heavy (non-hydrogen) atoms. The van der Waals surface area contributed by atoms with Gasteiger partial charge in [0.25, 0.3) is 0 Å². The molecule has 0 saturated carbocycles. The first-order chi connectivity index (χ1) is 6.72. The fourth-order valence-corrected chi connectivity index (χ4v) is 1.21. The largest absolute Gasteiger partial charge is 0.494 e. The van der Waals surface area contributed by atoms with Crippen molar-refractivity contribution in [2.45, 2.75) is 27.2 Å². The molecule has 0 amide bonds. The predicted molar refractivity (Wildman–Crippen MR) is 61.6 cm³/mol. The van der Waals surface area contributed by atoms with E-state index in [1.165, 1.54) is 11.1 Å². The Bertz CT molecular complexity index is 292. The predicted octanol–water partition coefficient (Wildman–Crippen LogP) is 3.90. The molecule has 0 saturated heterocycles. The summed E-state index contributed by atoms with van der Waals surface area (Å²) < 4.78 is 5.49. The molecule has 0 radical (unpaired) electrons. The third-order valence-electron chi connectivity index (χ3n) is 1.81. The Kier molecular flexibility index (Phi) is 4.24. The Morgan fingerprint density at radius 1 is 1.21 bits per heavy atom. The van der Waals surface area contributed by atoms with E-state index in [0.29, 0.717) is 0 Å². The molecule has 1 heteroatoms. The van der Waals surface area contributed by atoms with Crippen LogP contribution >= 0.6 is 0 Å². The maximum Gasteiger partial charge on any atom is 0.119 e. The summed E-state index contributed by atoms with van der Waals surface area (Å²) >= 11 is 0. The minimum Gasteiger partial charge on any atom is -0.494 e. The minimum absolute atomic E-state index is 0.794. The van der Waals surface area contributed by atoms with Gasteiger partial charge in [-0.15, -0.1) is 0 Å². The van der Waals surface area contributed by atoms with Crippen LogP contribution in [0.5, 0.6) is 5.75 Å². The van der Waals surface area contributed by atoms with E-state index in [4.69, 9.17) is 4.74 Å². The molecule has 76 valence electrons. The van der Waals surface area contributed by atoms with Crippen LogP contribution in [0.25, 0.3) is 6.08 Å². The summed E-state index contributed by atoms with van der Waals surface area (Å²) in [7, 11) is 0. The zero-order valence-corrected chi connectivity index (χ0v) is 9.21. The lowest BCUT2D eigenvalue weighted by Crippen LogP contribution is -1.94. The van der Waals surface area contributed by atoms with E-state index in [9.17, 15) is 0 Å². The van der Waals surface area contributed by atoms with Crippen LogP contribution in [0.4, 0.5) is 0 Å². The van der Waals surface area contributed by atoms with E-state index in [2.05, 4.69) is 39.0 Å². The molecule has 0 aliphatic rings. The van der Waals surface area contributed by atoms with Crippen molar-refractivity contribution >= 4 is 6.08 Å². The standard InChI is InChI=1S/C13H18O/c1-4-9-14-13-7-5-12(6-8-13)10-11(2)3/h5-8,10H,4,9H2,1-3H3. The van der Waals surface area contributed by atoms with Gasteiger partial charge in [-0.3, -0.25) is 0 Å². The van der Waals surface area contributed by atoms with Crippen LogP contribution < -0.4 is 4.74 Å². The molecule has 0 bridgehead atoms. The van der Waals surface area contributed by atoms with E-state index in [1.807, 2.05) is 12.1 Å². The molecule has 0 N–H and O–H groups in total. The van der Waals surface area contributed by atoms with E-state index in [-0.39, 0.29) is 0 Å². The molecular formula is C13H18O. The number of allylic oxidation sites excluding steroid dienone is 1. The zero-order chi connectivity index (χ0) is 10.4. The second-order valence-electron chi connectivity index (χ2n) is 3.64. The first-order valence-electron chi connectivity index (χ1n) is 5.10. The number of benzene rings is 1. The van der Waals surface area contributed by atoms with Crippen LogP contribution in [0, 0.1) is 0 Å². The highest BCUT2D eigenvalue weighted by molar-refractivity contribution is 5.52. The molecule has 0 heterocycles. The lowest BCUT2D eigenvalue weighted by atomic mass is 10.1. The molecule has 0 unspecified atom stereocenters. The first-order valence-corrected chi connectivity index (χ1v) is 5.10.